The van der Waals surface area contributed by atoms with Gasteiger partial charge in [-0.15, -0.1) is 17.9 Å². The topological polar surface area (TPSA) is 54.0 Å². The Morgan fingerprint density at radius 1 is 1.58 bits per heavy atom. The van der Waals surface area contributed by atoms with Crippen molar-refractivity contribution in [3.63, 3.8) is 0 Å². The quantitative estimate of drug-likeness (QED) is 0.825. The molecule has 0 radical (unpaired) electrons. The number of nitrogens with zero attached hydrogens (tertiary/aromatic N) is 1. The third-order valence-corrected chi connectivity index (χ3v) is 3.63. The fourth-order valence-electron chi connectivity index (χ4n) is 1.77. The average molecular weight is 275 g/mol. The van der Waals surface area contributed by atoms with E-state index >= 15 is 0 Å². The van der Waals surface area contributed by atoms with E-state index in [9.17, 15) is 4.79 Å². The Labute approximate surface area is 116 Å². The lowest BCUT2D eigenvalue weighted by molar-refractivity contribution is -0.121. The van der Waals surface area contributed by atoms with Gasteiger partial charge in [-0.1, -0.05) is 6.08 Å². The first-order valence-corrected chi connectivity index (χ1v) is 6.94. The molecule has 2 N–H and O–H groups in total. The van der Waals surface area contributed by atoms with E-state index in [0.717, 1.165) is 20.9 Å². The van der Waals surface area contributed by atoms with Crippen molar-refractivity contribution in [2.24, 2.45) is 0 Å². The minimum Gasteiger partial charge on any atom is -0.374 e. The molecule has 1 unspecified atom stereocenters. The van der Waals surface area contributed by atoms with Crippen molar-refractivity contribution in [1.29, 1.82) is 0 Å². The summed E-state index contributed by atoms with van der Waals surface area (Å²) in [6.45, 7) is 7.88. The van der Waals surface area contributed by atoms with Gasteiger partial charge in [-0.3, -0.25) is 4.79 Å². The normalized spacial score (nSPS) is 12.1. The van der Waals surface area contributed by atoms with Crippen LogP contribution >= 0.6 is 11.3 Å². The fourth-order valence-corrected chi connectivity index (χ4v) is 2.64. The van der Waals surface area contributed by atoms with Gasteiger partial charge >= 0.3 is 0 Å². The van der Waals surface area contributed by atoms with E-state index in [1.165, 1.54) is 0 Å². The second kappa shape index (κ2) is 5.84. The molecule has 0 bridgehead atoms. The van der Waals surface area contributed by atoms with Gasteiger partial charge in [-0.2, -0.15) is 0 Å². The van der Waals surface area contributed by atoms with Crippen molar-refractivity contribution in [3.05, 3.63) is 35.9 Å². The molecule has 1 aromatic carbocycles. The molecule has 100 valence electrons. The SMILES string of the molecule is C=CCNC(=O)C(C)Nc1ccc2nc(C)sc2c1. The third-order valence-electron chi connectivity index (χ3n) is 2.69. The van der Waals surface area contributed by atoms with Gasteiger partial charge in [0.05, 0.1) is 15.2 Å². The van der Waals surface area contributed by atoms with E-state index in [-0.39, 0.29) is 11.9 Å². The second-order valence-corrected chi connectivity index (χ2v) is 5.55. The molecule has 0 aliphatic rings. The van der Waals surface area contributed by atoms with Crippen LogP contribution in [0.25, 0.3) is 10.2 Å². The summed E-state index contributed by atoms with van der Waals surface area (Å²) in [5.41, 5.74) is 1.93. The lowest BCUT2D eigenvalue weighted by atomic mass is 10.2. The molecule has 4 nitrogen and oxygen atoms in total. The lowest BCUT2D eigenvalue weighted by Crippen LogP contribution is -2.37. The molecule has 0 saturated carbocycles. The van der Waals surface area contributed by atoms with E-state index < -0.39 is 0 Å². The number of anilines is 1. The zero-order chi connectivity index (χ0) is 13.8. The van der Waals surface area contributed by atoms with Crippen LogP contribution in [-0.4, -0.2) is 23.5 Å². The second-order valence-electron chi connectivity index (χ2n) is 4.32. The number of aryl methyl sites for hydroxylation is 1. The van der Waals surface area contributed by atoms with E-state index in [4.69, 9.17) is 0 Å². The molecule has 19 heavy (non-hydrogen) atoms. The number of aromatic nitrogens is 1. The number of hydrogen-bond donors (Lipinski definition) is 2. The number of carbonyl (C=O) groups excluding carboxylic acids is 1. The fraction of sp³-hybridized carbons (Fsp3) is 0.286. The van der Waals surface area contributed by atoms with Crippen LogP contribution in [0.4, 0.5) is 5.69 Å². The number of carbonyl (C=O) groups is 1. The van der Waals surface area contributed by atoms with Crippen LogP contribution in [0.3, 0.4) is 0 Å². The van der Waals surface area contributed by atoms with Crippen molar-refractivity contribution < 1.29 is 4.79 Å². The highest BCUT2D eigenvalue weighted by atomic mass is 32.1. The van der Waals surface area contributed by atoms with Crippen molar-refractivity contribution in [2.45, 2.75) is 19.9 Å². The monoisotopic (exact) mass is 275 g/mol. The van der Waals surface area contributed by atoms with Gasteiger partial charge in [-0.25, -0.2) is 4.98 Å². The number of rotatable bonds is 5. The van der Waals surface area contributed by atoms with Crippen molar-refractivity contribution in [1.82, 2.24) is 10.3 Å². The number of nitrogens with one attached hydrogen (secondary N) is 2. The van der Waals surface area contributed by atoms with Gasteiger partial charge in [-0.05, 0) is 32.0 Å². The summed E-state index contributed by atoms with van der Waals surface area (Å²) < 4.78 is 1.13. The van der Waals surface area contributed by atoms with Gasteiger partial charge in [0.15, 0.2) is 0 Å². The Kier molecular flexibility index (Phi) is 4.16. The van der Waals surface area contributed by atoms with Crippen LogP contribution in [0.2, 0.25) is 0 Å². The Morgan fingerprint density at radius 3 is 3.11 bits per heavy atom. The van der Waals surface area contributed by atoms with Gasteiger partial charge in [0, 0.05) is 12.2 Å². The van der Waals surface area contributed by atoms with Crippen LogP contribution in [0, 0.1) is 6.92 Å². The maximum absolute atomic E-state index is 11.7. The van der Waals surface area contributed by atoms with E-state index in [1.54, 1.807) is 17.4 Å². The number of fused-ring (bicyclic) bond motifs is 1. The molecule has 1 heterocycles. The Hall–Kier alpha value is -1.88. The first kappa shape index (κ1) is 13.5. The predicted octanol–water partition coefficient (Wildman–Crippen LogP) is 2.71. The first-order chi connectivity index (χ1) is 9.10. The summed E-state index contributed by atoms with van der Waals surface area (Å²) in [5, 5.41) is 6.99. The Morgan fingerprint density at radius 2 is 2.37 bits per heavy atom. The number of benzene rings is 1. The maximum Gasteiger partial charge on any atom is 0.242 e. The molecule has 1 amide bonds. The minimum absolute atomic E-state index is 0.0412. The van der Waals surface area contributed by atoms with Gasteiger partial charge < -0.3 is 10.6 Å². The van der Waals surface area contributed by atoms with Crippen molar-refractivity contribution >= 4 is 33.1 Å². The molecule has 5 heteroatoms. The Balaban J connectivity index is 2.07. The summed E-state index contributed by atoms with van der Waals surface area (Å²) in [6.07, 6.45) is 1.66. The zero-order valence-electron chi connectivity index (χ0n) is 11.1. The molecule has 0 aliphatic heterocycles. The summed E-state index contributed by atoms with van der Waals surface area (Å²) >= 11 is 1.65. The highest BCUT2D eigenvalue weighted by Gasteiger charge is 2.11. The maximum atomic E-state index is 11.7. The number of thiazole rings is 1. The predicted molar refractivity (Wildman–Crippen MR) is 80.6 cm³/mol. The van der Waals surface area contributed by atoms with Crippen molar-refractivity contribution in [3.8, 4) is 0 Å². The van der Waals surface area contributed by atoms with Gasteiger partial charge in [0.1, 0.15) is 6.04 Å². The molecule has 0 spiro atoms. The van der Waals surface area contributed by atoms with Crippen molar-refractivity contribution in [2.75, 3.05) is 11.9 Å². The Bertz CT molecular complexity index is 606. The zero-order valence-corrected chi connectivity index (χ0v) is 11.9. The summed E-state index contributed by atoms with van der Waals surface area (Å²) in [6, 6.07) is 5.65. The minimum atomic E-state index is -0.286. The van der Waals surface area contributed by atoms with E-state index in [0.29, 0.717) is 6.54 Å². The standard InChI is InChI=1S/C14H17N3OS/c1-4-7-15-14(18)9(2)16-11-5-6-12-13(8-11)19-10(3)17-12/h4-6,8-9,16H,1,7H2,2-3H3,(H,15,18). The molecule has 0 aliphatic carbocycles. The molecule has 2 rings (SSSR count). The average Bonchev–Trinajstić information content (AvgIpc) is 2.75. The summed E-state index contributed by atoms with van der Waals surface area (Å²) in [7, 11) is 0. The van der Waals surface area contributed by atoms with E-state index in [1.807, 2.05) is 32.0 Å². The molecule has 1 aromatic heterocycles. The summed E-state index contributed by atoms with van der Waals surface area (Å²) in [4.78, 5) is 16.2. The first-order valence-electron chi connectivity index (χ1n) is 6.12. The number of amides is 1. The summed E-state index contributed by atoms with van der Waals surface area (Å²) in [5.74, 6) is -0.0412. The van der Waals surface area contributed by atoms with Gasteiger partial charge in [0.2, 0.25) is 5.91 Å². The molecular weight excluding hydrogens is 258 g/mol. The van der Waals surface area contributed by atoms with Crippen LogP contribution in [0.5, 0.6) is 0 Å². The highest BCUT2D eigenvalue weighted by molar-refractivity contribution is 7.18. The smallest absolute Gasteiger partial charge is 0.242 e. The van der Waals surface area contributed by atoms with Crippen LogP contribution in [0.15, 0.2) is 30.9 Å². The van der Waals surface area contributed by atoms with E-state index in [2.05, 4.69) is 22.2 Å². The number of hydrogen-bond acceptors (Lipinski definition) is 4. The van der Waals surface area contributed by atoms with Gasteiger partial charge in [0.25, 0.3) is 0 Å². The lowest BCUT2D eigenvalue weighted by Gasteiger charge is -2.14. The molecule has 1 atom stereocenters. The molecule has 0 fully saturated rings. The van der Waals surface area contributed by atoms with Crippen LogP contribution in [0.1, 0.15) is 11.9 Å². The molecular formula is C14H17N3OS. The highest BCUT2D eigenvalue weighted by Crippen LogP contribution is 2.24. The largest absolute Gasteiger partial charge is 0.374 e. The van der Waals surface area contributed by atoms with Crippen LogP contribution in [-0.2, 0) is 4.79 Å². The third kappa shape index (κ3) is 3.32. The molecule has 2 aromatic rings. The molecule has 0 saturated heterocycles. The van der Waals surface area contributed by atoms with Crippen LogP contribution < -0.4 is 10.6 Å².